The van der Waals surface area contributed by atoms with Crippen LogP contribution >= 0.6 is 11.3 Å². The summed E-state index contributed by atoms with van der Waals surface area (Å²) in [4.78, 5) is 34.1. The Labute approximate surface area is 165 Å². The number of fused-ring (bicyclic) bond motifs is 1. The number of hydrogen-bond acceptors (Lipinski definition) is 4. The number of benzene rings is 1. The second-order valence-corrected chi connectivity index (χ2v) is 8.35. The van der Waals surface area contributed by atoms with Crippen LogP contribution in [0.1, 0.15) is 34.8 Å². The summed E-state index contributed by atoms with van der Waals surface area (Å²) < 4.78 is 0. The van der Waals surface area contributed by atoms with Crippen LogP contribution in [0, 0.1) is 0 Å². The molecule has 142 valence electrons. The number of hydrogen-bond donors (Lipinski definition) is 2. The second kappa shape index (κ2) is 6.31. The van der Waals surface area contributed by atoms with Crippen LogP contribution in [0.2, 0.25) is 0 Å². The van der Waals surface area contributed by atoms with Gasteiger partial charge in [0, 0.05) is 17.8 Å². The summed E-state index contributed by atoms with van der Waals surface area (Å²) in [7, 11) is 0. The van der Waals surface area contributed by atoms with Gasteiger partial charge in [-0.1, -0.05) is 30.3 Å². The zero-order valence-corrected chi connectivity index (χ0v) is 16.0. The van der Waals surface area contributed by atoms with Gasteiger partial charge in [0.2, 0.25) is 0 Å². The molecule has 0 bridgehead atoms. The number of thiophene rings is 1. The molecule has 5 rings (SSSR count). The number of amides is 1. The second-order valence-electron chi connectivity index (χ2n) is 7.44. The first-order valence-corrected chi connectivity index (χ1v) is 10.2. The number of carboxylic acid groups (broad SMARTS) is 1. The van der Waals surface area contributed by atoms with Crippen LogP contribution in [0.5, 0.6) is 0 Å². The van der Waals surface area contributed by atoms with E-state index in [9.17, 15) is 14.7 Å². The van der Waals surface area contributed by atoms with Crippen molar-refractivity contribution in [2.24, 2.45) is 0 Å². The molecule has 1 fully saturated rings. The van der Waals surface area contributed by atoms with E-state index in [1.807, 2.05) is 18.2 Å². The zero-order chi connectivity index (χ0) is 19.3. The Kier molecular flexibility index (Phi) is 3.87. The lowest BCUT2D eigenvalue weighted by Crippen LogP contribution is -2.39. The molecule has 28 heavy (non-hydrogen) atoms. The Morgan fingerprint density at radius 2 is 2.00 bits per heavy atom. The number of rotatable bonds is 3. The van der Waals surface area contributed by atoms with Crippen molar-refractivity contribution >= 4 is 17.4 Å². The topological polar surface area (TPSA) is 86.3 Å². The van der Waals surface area contributed by atoms with Gasteiger partial charge in [-0.2, -0.15) is 0 Å². The Morgan fingerprint density at radius 3 is 2.71 bits per heavy atom. The summed E-state index contributed by atoms with van der Waals surface area (Å²) in [6, 6.07) is 12.5. The maximum atomic E-state index is 12.7. The van der Waals surface area contributed by atoms with Gasteiger partial charge in [-0.3, -0.25) is 4.79 Å². The van der Waals surface area contributed by atoms with Gasteiger partial charge in [0.05, 0.1) is 23.2 Å². The highest BCUT2D eigenvalue weighted by Crippen LogP contribution is 2.54. The van der Waals surface area contributed by atoms with Gasteiger partial charge < -0.3 is 15.0 Å². The SMILES string of the molecule is O=C(O)N1CCc2nc(C3(c4cc(-c5ccccc5)cs4)CC3)[nH]c(=O)c2C1. The molecule has 1 aliphatic carbocycles. The van der Waals surface area contributed by atoms with Gasteiger partial charge in [-0.15, -0.1) is 11.3 Å². The molecular weight excluding hydrogens is 374 g/mol. The summed E-state index contributed by atoms with van der Waals surface area (Å²) >= 11 is 1.71. The normalized spacial score (nSPS) is 17.2. The molecule has 0 saturated heterocycles. The van der Waals surface area contributed by atoms with E-state index in [4.69, 9.17) is 4.98 Å². The van der Waals surface area contributed by atoms with Crippen molar-refractivity contribution in [3.63, 3.8) is 0 Å². The number of carbonyl (C=O) groups is 1. The average molecular weight is 393 g/mol. The highest BCUT2D eigenvalue weighted by molar-refractivity contribution is 7.10. The quantitative estimate of drug-likeness (QED) is 0.712. The van der Waals surface area contributed by atoms with Crippen molar-refractivity contribution in [3.8, 4) is 11.1 Å². The molecule has 3 heterocycles. The van der Waals surface area contributed by atoms with E-state index in [1.54, 1.807) is 11.3 Å². The largest absolute Gasteiger partial charge is 0.465 e. The maximum Gasteiger partial charge on any atom is 0.407 e. The van der Waals surface area contributed by atoms with Crippen molar-refractivity contribution in [1.82, 2.24) is 14.9 Å². The minimum Gasteiger partial charge on any atom is -0.465 e. The van der Waals surface area contributed by atoms with Gasteiger partial charge >= 0.3 is 6.09 Å². The van der Waals surface area contributed by atoms with Crippen LogP contribution in [-0.4, -0.2) is 32.6 Å². The molecule has 2 aliphatic rings. The molecule has 1 amide bonds. The van der Waals surface area contributed by atoms with Gasteiger partial charge in [-0.25, -0.2) is 9.78 Å². The Hall–Kier alpha value is -2.93. The Morgan fingerprint density at radius 1 is 1.21 bits per heavy atom. The van der Waals surface area contributed by atoms with Crippen molar-refractivity contribution in [1.29, 1.82) is 0 Å². The lowest BCUT2D eigenvalue weighted by atomic mass is 10.00. The summed E-state index contributed by atoms with van der Waals surface area (Å²) in [6.07, 6.45) is 1.41. The first-order chi connectivity index (χ1) is 13.6. The van der Waals surface area contributed by atoms with Crippen molar-refractivity contribution in [2.75, 3.05) is 6.54 Å². The summed E-state index contributed by atoms with van der Waals surface area (Å²) in [5, 5.41) is 11.3. The molecule has 7 heteroatoms. The first-order valence-electron chi connectivity index (χ1n) is 9.32. The zero-order valence-electron chi connectivity index (χ0n) is 15.1. The van der Waals surface area contributed by atoms with Crippen LogP contribution in [0.3, 0.4) is 0 Å². The van der Waals surface area contributed by atoms with Crippen LogP contribution in [0.25, 0.3) is 11.1 Å². The van der Waals surface area contributed by atoms with Gasteiger partial charge in [0.25, 0.3) is 5.56 Å². The standard InChI is InChI=1S/C21H19N3O3S/c25-18-15-11-24(20(26)27)9-6-16(15)22-19(23-18)21(7-8-21)17-10-14(12-28-17)13-4-2-1-3-5-13/h1-5,10,12H,6-9,11H2,(H,26,27)(H,22,23,25). The molecule has 0 atom stereocenters. The predicted molar refractivity (Wildman–Crippen MR) is 107 cm³/mol. The number of aromatic nitrogens is 2. The number of H-pyrrole nitrogens is 1. The lowest BCUT2D eigenvalue weighted by molar-refractivity contribution is 0.139. The van der Waals surface area contributed by atoms with Gasteiger partial charge in [-0.05, 0) is 35.4 Å². The van der Waals surface area contributed by atoms with E-state index in [2.05, 4.69) is 28.6 Å². The van der Waals surface area contributed by atoms with Gasteiger partial charge in [0.1, 0.15) is 5.82 Å². The molecule has 2 N–H and O–H groups in total. The third-order valence-corrected chi connectivity index (χ3v) is 6.85. The fourth-order valence-electron chi connectivity index (χ4n) is 3.91. The van der Waals surface area contributed by atoms with E-state index in [0.29, 0.717) is 18.5 Å². The van der Waals surface area contributed by atoms with Crippen LogP contribution in [0.15, 0.2) is 46.6 Å². The van der Waals surface area contributed by atoms with E-state index >= 15 is 0 Å². The lowest BCUT2D eigenvalue weighted by Gasteiger charge is -2.26. The van der Waals surface area contributed by atoms with Crippen LogP contribution in [-0.2, 0) is 18.4 Å². The maximum absolute atomic E-state index is 12.7. The number of nitrogens with zero attached hydrogens (tertiary/aromatic N) is 2. The van der Waals surface area contributed by atoms with Crippen molar-refractivity contribution in [3.05, 3.63) is 74.1 Å². The van der Waals surface area contributed by atoms with E-state index in [-0.39, 0.29) is 17.5 Å². The monoisotopic (exact) mass is 393 g/mol. The molecule has 1 aromatic carbocycles. The average Bonchev–Trinajstić information content (AvgIpc) is 3.37. The fraction of sp³-hybridized carbons (Fsp3) is 0.286. The minimum atomic E-state index is -1.00. The summed E-state index contributed by atoms with van der Waals surface area (Å²) in [5.41, 5.74) is 3.16. The predicted octanol–water partition coefficient (Wildman–Crippen LogP) is 3.61. The molecule has 6 nitrogen and oxygen atoms in total. The van der Waals surface area contributed by atoms with E-state index < -0.39 is 6.09 Å². The van der Waals surface area contributed by atoms with Crippen LogP contribution in [0.4, 0.5) is 4.79 Å². The van der Waals surface area contributed by atoms with Crippen LogP contribution < -0.4 is 5.56 Å². The minimum absolute atomic E-state index is 0.109. The molecule has 0 spiro atoms. The molecule has 2 aromatic heterocycles. The highest BCUT2D eigenvalue weighted by Gasteiger charge is 2.50. The first kappa shape index (κ1) is 17.2. The summed E-state index contributed by atoms with van der Waals surface area (Å²) in [5.74, 6) is 0.724. The van der Waals surface area contributed by atoms with E-state index in [1.165, 1.54) is 20.9 Å². The smallest absolute Gasteiger partial charge is 0.407 e. The number of aromatic amines is 1. The van der Waals surface area contributed by atoms with E-state index in [0.717, 1.165) is 24.4 Å². The Bertz CT molecular complexity index is 1120. The fourth-order valence-corrected chi connectivity index (χ4v) is 5.09. The highest BCUT2D eigenvalue weighted by atomic mass is 32.1. The van der Waals surface area contributed by atoms with Gasteiger partial charge in [0.15, 0.2) is 0 Å². The van der Waals surface area contributed by atoms with Crippen molar-refractivity contribution in [2.45, 2.75) is 31.2 Å². The third kappa shape index (κ3) is 2.74. The molecular formula is C21H19N3O3S. The Balaban J connectivity index is 1.50. The molecule has 1 saturated carbocycles. The molecule has 0 unspecified atom stereocenters. The van der Waals surface area contributed by atoms with Crippen molar-refractivity contribution < 1.29 is 9.90 Å². The molecule has 0 radical (unpaired) electrons. The third-order valence-electron chi connectivity index (χ3n) is 5.72. The molecule has 1 aliphatic heterocycles. The summed E-state index contributed by atoms with van der Waals surface area (Å²) in [6.45, 7) is 0.486. The molecule has 3 aromatic rings. The number of nitrogens with one attached hydrogen (secondary N) is 1.